The monoisotopic (exact) mass is 329 g/mol. The van der Waals surface area contributed by atoms with Crippen molar-refractivity contribution in [3.8, 4) is 0 Å². The summed E-state index contributed by atoms with van der Waals surface area (Å²) in [7, 11) is 0. The van der Waals surface area contributed by atoms with Crippen LogP contribution < -0.4 is 16.4 Å². The molecule has 0 aliphatic carbocycles. The summed E-state index contributed by atoms with van der Waals surface area (Å²) in [6, 6.07) is 9.90. The van der Waals surface area contributed by atoms with Gasteiger partial charge in [-0.1, -0.05) is 19.1 Å². The van der Waals surface area contributed by atoms with E-state index in [1.54, 1.807) is 36.4 Å². The molecule has 0 atom stereocenters. The van der Waals surface area contributed by atoms with Crippen LogP contribution in [-0.4, -0.2) is 24.3 Å². The second-order valence-corrected chi connectivity index (χ2v) is 5.09. The third kappa shape index (κ3) is 4.45. The van der Waals surface area contributed by atoms with Gasteiger partial charge in [0.1, 0.15) is 5.76 Å². The average Bonchev–Trinajstić information content (AvgIpc) is 3.04. The first kappa shape index (κ1) is 17.3. The summed E-state index contributed by atoms with van der Waals surface area (Å²) in [5, 5.41) is 5.24. The Morgan fingerprint density at radius 2 is 1.83 bits per heavy atom. The number of furan rings is 1. The zero-order valence-corrected chi connectivity index (χ0v) is 13.3. The fraction of sp³-hybridized carbons (Fsp3) is 0.235. The summed E-state index contributed by atoms with van der Waals surface area (Å²) >= 11 is 0. The number of hydrogen-bond acceptors (Lipinski definition) is 4. The molecule has 126 valence electrons. The van der Waals surface area contributed by atoms with Gasteiger partial charge in [0.05, 0.1) is 11.3 Å². The van der Waals surface area contributed by atoms with Gasteiger partial charge in [-0.15, -0.1) is 0 Å². The summed E-state index contributed by atoms with van der Waals surface area (Å²) in [4.78, 5) is 35.1. The van der Waals surface area contributed by atoms with Crippen LogP contribution in [0.3, 0.4) is 0 Å². The lowest BCUT2D eigenvalue weighted by Gasteiger charge is -2.10. The number of primary amides is 1. The molecule has 0 spiro atoms. The number of carbonyl (C=O) groups excluding carboxylic acids is 3. The van der Waals surface area contributed by atoms with Gasteiger partial charge in [0, 0.05) is 19.4 Å². The molecule has 0 bridgehead atoms. The molecule has 0 radical (unpaired) electrons. The molecule has 4 N–H and O–H groups in total. The topological polar surface area (TPSA) is 114 Å². The lowest BCUT2D eigenvalue weighted by atomic mass is 10.1. The molecule has 0 unspecified atom stereocenters. The van der Waals surface area contributed by atoms with Gasteiger partial charge in [0.15, 0.2) is 5.76 Å². The first-order valence-corrected chi connectivity index (χ1v) is 7.57. The maximum atomic E-state index is 12.2. The first-order valence-electron chi connectivity index (χ1n) is 7.57. The van der Waals surface area contributed by atoms with E-state index in [2.05, 4.69) is 10.6 Å². The number of benzene rings is 1. The Morgan fingerprint density at radius 3 is 2.50 bits per heavy atom. The molecule has 24 heavy (non-hydrogen) atoms. The highest BCUT2D eigenvalue weighted by Crippen LogP contribution is 2.17. The Balaban J connectivity index is 2.09. The van der Waals surface area contributed by atoms with E-state index in [4.69, 9.17) is 10.2 Å². The van der Waals surface area contributed by atoms with E-state index >= 15 is 0 Å². The number of anilines is 1. The number of hydrogen-bond donors (Lipinski definition) is 3. The third-order valence-corrected chi connectivity index (χ3v) is 3.31. The van der Waals surface area contributed by atoms with E-state index in [0.29, 0.717) is 17.9 Å². The number of rotatable bonds is 7. The predicted octanol–water partition coefficient (Wildman–Crippen LogP) is 1.70. The second kappa shape index (κ2) is 7.96. The summed E-state index contributed by atoms with van der Waals surface area (Å²) < 4.78 is 5.39. The molecule has 7 heteroatoms. The number of nitrogens with two attached hydrogens (primary N) is 1. The number of para-hydroxylation sites is 1. The summed E-state index contributed by atoms with van der Waals surface area (Å²) in [6.45, 7) is 2.06. The fourth-order valence-corrected chi connectivity index (χ4v) is 2.06. The van der Waals surface area contributed by atoms with Crippen LogP contribution in [0.15, 0.2) is 40.8 Å². The third-order valence-electron chi connectivity index (χ3n) is 3.31. The zero-order chi connectivity index (χ0) is 17.5. The maximum absolute atomic E-state index is 12.2. The van der Waals surface area contributed by atoms with Crippen molar-refractivity contribution in [2.45, 2.75) is 19.8 Å². The van der Waals surface area contributed by atoms with Gasteiger partial charge in [-0.2, -0.15) is 0 Å². The van der Waals surface area contributed by atoms with Crippen LogP contribution in [0.4, 0.5) is 5.69 Å². The molecule has 2 rings (SSSR count). The molecule has 3 amide bonds. The zero-order valence-electron chi connectivity index (χ0n) is 13.3. The van der Waals surface area contributed by atoms with Gasteiger partial charge in [-0.3, -0.25) is 14.4 Å². The van der Waals surface area contributed by atoms with Crippen molar-refractivity contribution in [2.75, 3.05) is 11.9 Å². The van der Waals surface area contributed by atoms with Gasteiger partial charge in [0.25, 0.3) is 11.8 Å². The van der Waals surface area contributed by atoms with Crippen LogP contribution in [0.5, 0.6) is 0 Å². The minimum atomic E-state index is -0.499. The predicted molar refractivity (Wildman–Crippen MR) is 88.6 cm³/mol. The van der Waals surface area contributed by atoms with Crippen molar-refractivity contribution < 1.29 is 18.8 Å². The van der Waals surface area contributed by atoms with Crippen LogP contribution in [0, 0.1) is 0 Å². The summed E-state index contributed by atoms with van der Waals surface area (Å²) in [5.41, 5.74) is 5.68. The highest BCUT2D eigenvalue weighted by molar-refractivity contribution is 6.07. The SMILES string of the molecule is CCc1ccc(C(=O)Nc2ccccc2C(=O)NCCC(N)=O)o1. The van der Waals surface area contributed by atoms with Crippen molar-refractivity contribution in [3.63, 3.8) is 0 Å². The van der Waals surface area contributed by atoms with Crippen LogP contribution in [0.25, 0.3) is 0 Å². The molecule has 0 saturated heterocycles. The Labute approximate surface area is 139 Å². The van der Waals surface area contributed by atoms with Gasteiger partial charge < -0.3 is 20.8 Å². The smallest absolute Gasteiger partial charge is 0.291 e. The molecular weight excluding hydrogens is 310 g/mol. The molecular formula is C17H19N3O4. The minimum absolute atomic E-state index is 0.0481. The van der Waals surface area contributed by atoms with E-state index in [-0.39, 0.29) is 24.3 Å². The van der Waals surface area contributed by atoms with Gasteiger partial charge in [-0.25, -0.2) is 0 Å². The van der Waals surface area contributed by atoms with E-state index in [0.717, 1.165) is 0 Å². The number of amides is 3. The van der Waals surface area contributed by atoms with Gasteiger partial charge >= 0.3 is 0 Å². The Morgan fingerprint density at radius 1 is 1.08 bits per heavy atom. The number of aryl methyl sites for hydroxylation is 1. The molecule has 7 nitrogen and oxygen atoms in total. The van der Waals surface area contributed by atoms with Crippen molar-refractivity contribution >= 4 is 23.4 Å². The molecule has 0 aliphatic rings. The lowest BCUT2D eigenvalue weighted by Crippen LogP contribution is -2.28. The highest BCUT2D eigenvalue weighted by atomic mass is 16.3. The van der Waals surface area contributed by atoms with E-state index in [1.165, 1.54) is 0 Å². The molecule has 1 heterocycles. The summed E-state index contributed by atoms with van der Waals surface area (Å²) in [5.74, 6) is -0.456. The first-order chi connectivity index (χ1) is 11.5. The molecule has 1 aromatic carbocycles. The molecule has 0 aliphatic heterocycles. The fourth-order valence-electron chi connectivity index (χ4n) is 2.06. The van der Waals surface area contributed by atoms with Crippen molar-refractivity contribution in [1.29, 1.82) is 0 Å². The van der Waals surface area contributed by atoms with Crippen molar-refractivity contribution in [2.24, 2.45) is 5.73 Å². The molecule has 0 saturated carbocycles. The van der Waals surface area contributed by atoms with Crippen LogP contribution in [-0.2, 0) is 11.2 Å². The average molecular weight is 329 g/mol. The maximum Gasteiger partial charge on any atom is 0.291 e. The van der Waals surface area contributed by atoms with Crippen LogP contribution in [0.2, 0.25) is 0 Å². The quantitative estimate of drug-likeness (QED) is 0.717. The van der Waals surface area contributed by atoms with Crippen LogP contribution >= 0.6 is 0 Å². The highest BCUT2D eigenvalue weighted by Gasteiger charge is 2.16. The number of nitrogens with one attached hydrogen (secondary N) is 2. The van der Waals surface area contributed by atoms with Gasteiger partial charge in [-0.05, 0) is 24.3 Å². The number of carbonyl (C=O) groups is 3. The second-order valence-electron chi connectivity index (χ2n) is 5.09. The normalized spacial score (nSPS) is 10.2. The van der Waals surface area contributed by atoms with Crippen LogP contribution in [0.1, 0.15) is 40.0 Å². The molecule has 0 fully saturated rings. The Bertz CT molecular complexity index is 752. The summed E-state index contributed by atoms with van der Waals surface area (Å²) in [6.07, 6.45) is 0.735. The molecule has 2 aromatic rings. The van der Waals surface area contributed by atoms with Crippen molar-refractivity contribution in [1.82, 2.24) is 5.32 Å². The largest absolute Gasteiger partial charge is 0.456 e. The van der Waals surface area contributed by atoms with E-state index < -0.39 is 17.7 Å². The van der Waals surface area contributed by atoms with Crippen molar-refractivity contribution in [3.05, 3.63) is 53.5 Å². The lowest BCUT2D eigenvalue weighted by molar-refractivity contribution is -0.117. The standard InChI is InChI=1S/C17H19N3O4/c1-2-11-7-8-14(24-11)17(23)20-13-6-4-3-5-12(13)16(22)19-10-9-15(18)21/h3-8H,2,9-10H2,1H3,(H2,18,21)(H,19,22)(H,20,23). The Hall–Kier alpha value is -3.09. The van der Waals surface area contributed by atoms with E-state index in [9.17, 15) is 14.4 Å². The van der Waals surface area contributed by atoms with E-state index in [1.807, 2.05) is 6.92 Å². The van der Waals surface area contributed by atoms with Gasteiger partial charge in [0.2, 0.25) is 5.91 Å². The Kier molecular flexibility index (Phi) is 5.73. The molecule has 1 aromatic heterocycles. The minimum Gasteiger partial charge on any atom is -0.456 e.